The van der Waals surface area contributed by atoms with Crippen LogP contribution in [0.3, 0.4) is 0 Å². The number of hydrogen-bond donors (Lipinski definition) is 1. The van der Waals surface area contributed by atoms with E-state index in [1.807, 2.05) is 19.1 Å². The molecular weight excluding hydrogens is 362 g/mol. The highest BCUT2D eigenvalue weighted by atomic mass is 32.2. The summed E-state index contributed by atoms with van der Waals surface area (Å²) < 4.78 is 7.22. The van der Waals surface area contributed by atoms with Crippen molar-refractivity contribution in [3.63, 3.8) is 0 Å². The summed E-state index contributed by atoms with van der Waals surface area (Å²) in [6.45, 7) is 5.38. The van der Waals surface area contributed by atoms with Crippen molar-refractivity contribution in [2.45, 2.75) is 36.0 Å². The van der Waals surface area contributed by atoms with Crippen molar-refractivity contribution in [2.24, 2.45) is 12.5 Å². The molecule has 0 aliphatic carbocycles. The fourth-order valence-electron chi connectivity index (χ4n) is 3.88. The number of aryl methyl sites for hydroxylation is 1. The van der Waals surface area contributed by atoms with Crippen LogP contribution in [0.25, 0.3) is 0 Å². The largest absolute Gasteiger partial charge is 0.382 e. The average Bonchev–Trinajstić information content (AvgIpc) is 3.12. The van der Waals surface area contributed by atoms with E-state index in [1.165, 1.54) is 11.8 Å². The minimum atomic E-state index is -0.116. The molecule has 2 aromatic heterocycles. The van der Waals surface area contributed by atoms with Gasteiger partial charge in [0.2, 0.25) is 5.95 Å². The number of anilines is 2. The first kappa shape index (κ1) is 18.3. The van der Waals surface area contributed by atoms with Gasteiger partial charge < -0.3 is 15.4 Å². The van der Waals surface area contributed by atoms with Gasteiger partial charge in [-0.15, -0.1) is 0 Å². The number of pyridine rings is 1. The van der Waals surface area contributed by atoms with Gasteiger partial charge in [-0.2, -0.15) is 4.98 Å². The molecule has 1 spiro atoms. The lowest BCUT2D eigenvalue weighted by Gasteiger charge is -2.39. The molecular formula is C19H25N5O2S. The summed E-state index contributed by atoms with van der Waals surface area (Å²) in [5.41, 5.74) is 7.27. The smallest absolute Gasteiger partial charge is 0.270 e. The molecule has 2 N–H and O–H groups in total. The highest BCUT2D eigenvalue weighted by Crippen LogP contribution is 2.40. The Kier molecular flexibility index (Phi) is 4.86. The van der Waals surface area contributed by atoms with E-state index in [2.05, 4.69) is 14.9 Å². The molecule has 27 heavy (non-hydrogen) atoms. The normalized spacial score (nSPS) is 19.0. The SMILES string of the molecule is Cc1ncccc1Sc1c(N)nc(N2CCC3(CCOC3)CC2)n(C)c1=O. The molecule has 2 aliphatic heterocycles. The Morgan fingerprint density at radius 1 is 1.30 bits per heavy atom. The summed E-state index contributed by atoms with van der Waals surface area (Å²) in [5, 5.41) is 0. The van der Waals surface area contributed by atoms with Crippen LogP contribution >= 0.6 is 11.8 Å². The minimum Gasteiger partial charge on any atom is -0.382 e. The van der Waals surface area contributed by atoms with E-state index in [9.17, 15) is 4.79 Å². The fraction of sp³-hybridized carbons (Fsp3) is 0.526. The van der Waals surface area contributed by atoms with Crippen LogP contribution in [0.5, 0.6) is 0 Å². The van der Waals surface area contributed by atoms with Gasteiger partial charge in [-0.25, -0.2) is 0 Å². The molecule has 0 atom stereocenters. The molecule has 7 nitrogen and oxygen atoms in total. The number of nitrogen functional groups attached to an aromatic ring is 1. The summed E-state index contributed by atoms with van der Waals surface area (Å²) in [6.07, 6.45) is 5.00. The zero-order chi connectivity index (χ0) is 19.0. The van der Waals surface area contributed by atoms with Crippen molar-refractivity contribution >= 4 is 23.5 Å². The second-order valence-electron chi connectivity index (χ2n) is 7.47. The molecule has 0 saturated carbocycles. The van der Waals surface area contributed by atoms with Crippen molar-refractivity contribution in [1.29, 1.82) is 0 Å². The van der Waals surface area contributed by atoms with Gasteiger partial charge in [-0.3, -0.25) is 14.3 Å². The summed E-state index contributed by atoms with van der Waals surface area (Å²) >= 11 is 1.33. The third-order valence-electron chi connectivity index (χ3n) is 5.71. The number of nitrogens with two attached hydrogens (primary N) is 1. The van der Waals surface area contributed by atoms with Gasteiger partial charge >= 0.3 is 0 Å². The molecule has 0 bridgehead atoms. The van der Waals surface area contributed by atoms with E-state index in [1.54, 1.807) is 17.8 Å². The second kappa shape index (κ2) is 7.16. The molecule has 4 rings (SSSR count). The van der Waals surface area contributed by atoms with Crippen LogP contribution in [0.4, 0.5) is 11.8 Å². The molecule has 0 radical (unpaired) electrons. The molecule has 2 fully saturated rings. The maximum atomic E-state index is 13.0. The van der Waals surface area contributed by atoms with Crippen LogP contribution in [0, 0.1) is 12.3 Å². The first-order valence-electron chi connectivity index (χ1n) is 9.28. The number of aromatic nitrogens is 3. The number of ether oxygens (including phenoxy) is 1. The number of piperidine rings is 1. The van der Waals surface area contributed by atoms with Gasteiger partial charge in [-0.1, -0.05) is 11.8 Å². The number of hydrogen-bond acceptors (Lipinski definition) is 7. The Morgan fingerprint density at radius 3 is 2.74 bits per heavy atom. The van der Waals surface area contributed by atoms with E-state index in [-0.39, 0.29) is 11.4 Å². The van der Waals surface area contributed by atoms with Crippen molar-refractivity contribution < 1.29 is 4.74 Å². The first-order chi connectivity index (χ1) is 13.0. The van der Waals surface area contributed by atoms with Gasteiger partial charge in [-0.05, 0) is 43.7 Å². The maximum absolute atomic E-state index is 13.0. The van der Waals surface area contributed by atoms with Crippen molar-refractivity contribution in [2.75, 3.05) is 36.9 Å². The predicted molar refractivity (Wildman–Crippen MR) is 106 cm³/mol. The van der Waals surface area contributed by atoms with E-state index in [0.29, 0.717) is 16.3 Å². The maximum Gasteiger partial charge on any atom is 0.270 e. The third-order valence-corrected chi connectivity index (χ3v) is 6.95. The molecule has 0 amide bonds. The third kappa shape index (κ3) is 3.43. The number of rotatable bonds is 3. The Balaban J connectivity index is 1.59. The molecule has 2 aliphatic rings. The summed E-state index contributed by atoms with van der Waals surface area (Å²) in [6, 6.07) is 3.79. The monoisotopic (exact) mass is 387 g/mol. The minimum absolute atomic E-state index is 0.116. The van der Waals surface area contributed by atoms with Gasteiger partial charge in [0, 0.05) is 37.8 Å². The standard InChI is InChI=1S/C19H25N5O2S/c1-13-14(4-3-8-21-13)27-15-16(20)22-18(23(2)17(15)25)24-9-5-19(6-10-24)7-11-26-12-19/h3-4,8H,5-7,9-12,20H2,1-2H3. The average molecular weight is 388 g/mol. The molecule has 0 unspecified atom stereocenters. The lowest BCUT2D eigenvalue weighted by molar-refractivity contribution is 0.133. The highest BCUT2D eigenvalue weighted by Gasteiger charge is 2.38. The Morgan fingerprint density at radius 2 is 2.07 bits per heavy atom. The molecule has 2 saturated heterocycles. The zero-order valence-corrected chi connectivity index (χ0v) is 16.6. The molecule has 144 valence electrons. The van der Waals surface area contributed by atoms with Gasteiger partial charge in [0.15, 0.2) is 0 Å². The zero-order valence-electron chi connectivity index (χ0n) is 15.8. The van der Waals surface area contributed by atoms with Crippen LogP contribution in [0.1, 0.15) is 25.0 Å². The van der Waals surface area contributed by atoms with Crippen LogP contribution < -0.4 is 16.2 Å². The molecule has 0 aromatic carbocycles. The van der Waals surface area contributed by atoms with Gasteiger partial charge in [0.05, 0.1) is 12.3 Å². The van der Waals surface area contributed by atoms with Gasteiger partial charge in [0.25, 0.3) is 5.56 Å². The van der Waals surface area contributed by atoms with E-state index in [4.69, 9.17) is 10.5 Å². The van der Waals surface area contributed by atoms with Crippen LogP contribution in [0.2, 0.25) is 0 Å². The number of nitrogens with zero attached hydrogens (tertiary/aromatic N) is 4. The Bertz CT molecular complexity index is 897. The predicted octanol–water partition coefficient (Wildman–Crippen LogP) is 2.22. The molecule has 4 heterocycles. The van der Waals surface area contributed by atoms with E-state index in [0.717, 1.165) is 56.2 Å². The summed E-state index contributed by atoms with van der Waals surface area (Å²) in [5.74, 6) is 0.935. The van der Waals surface area contributed by atoms with Crippen molar-refractivity contribution in [1.82, 2.24) is 14.5 Å². The molecule has 2 aromatic rings. The summed E-state index contributed by atoms with van der Waals surface area (Å²) in [4.78, 5) is 25.4. The Hall–Kier alpha value is -2.06. The van der Waals surface area contributed by atoms with Crippen LogP contribution in [-0.2, 0) is 11.8 Å². The fourth-order valence-corrected chi connectivity index (χ4v) is 4.82. The Labute approximate surface area is 162 Å². The lowest BCUT2D eigenvalue weighted by Crippen LogP contribution is -2.43. The van der Waals surface area contributed by atoms with Crippen molar-refractivity contribution in [3.8, 4) is 0 Å². The second-order valence-corrected chi connectivity index (χ2v) is 8.52. The highest BCUT2D eigenvalue weighted by molar-refractivity contribution is 7.99. The lowest BCUT2D eigenvalue weighted by atomic mass is 9.78. The quantitative estimate of drug-likeness (QED) is 0.864. The van der Waals surface area contributed by atoms with E-state index < -0.39 is 0 Å². The van der Waals surface area contributed by atoms with Gasteiger partial charge in [0.1, 0.15) is 10.7 Å². The topological polar surface area (TPSA) is 86.3 Å². The molecule has 8 heteroatoms. The first-order valence-corrected chi connectivity index (χ1v) is 10.1. The van der Waals surface area contributed by atoms with Crippen LogP contribution in [-0.4, -0.2) is 40.8 Å². The summed E-state index contributed by atoms with van der Waals surface area (Å²) in [7, 11) is 1.77. The van der Waals surface area contributed by atoms with Crippen LogP contribution in [0.15, 0.2) is 32.9 Å². The van der Waals surface area contributed by atoms with E-state index >= 15 is 0 Å². The van der Waals surface area contributed by atoms with Crippen molar-refractivity contribution in [3.05, 3.63) is 34.4 Å².